The molecule has 0 heterocycles. The molecule has 2 aromatic rings. The molecule has 6 heteroatoms. The van der Waals surface area contributed by atoms with Crippen molar-refractivity contribution in [2.45, 2.75) is 0 Å². The zero-order chi connectivity index (χ0) is 13.8. The molecule has 19 heavy (non-hydrogen) atoms. The summed E-state index contributed by atoms with van der Waals surface area (Å²) in [4.78, 5) is 10.4. The minimum atomic E-state index is -0.529. The van der Waals surface area contributed by atoms with Crippen molar-refractivity contribution in [3.05, 3.63) is 63.2 Å². The summed E-state index contributed by atoms with van der Waals surface area (Å²) in [6.45, 7) is 0. The highest BCUT2D eigenvalue weighted by atomic mass is 35.5. The summed E-state index contributed by atoms with van der Waals surface area (Å²) < 4.78 is 0. The van der Waals surface area contributed by atoms with Crippen molar-refractivity contribution in [1.29, 1.82) is 5.26 Å². The van der Waals surface area contributed by atoms with E-state index in [0.717, 1.165) is 0 Å². The number of nitrogens with zero attached hydrogens (tertiary/aromatic N) is 2. The number of nitriles is 1. The number of benzene rings is 2. The van der Waals surface area contributed by atoms with E-state index in [-0.39, 0.29) is 11.3 Å². The van der Waals surface area contributed by atoms with Gasteiger partial charge in [0.15, 0.2) is 0 Å². The van der Waals surface area contributed by atoms with E-state index in [9.17, 15) is 10.1 Å². The Balaban J connectivity index is 2.37. The lowest BCUT2D eigenvalue weighted by Gasteiger charge is -2.07. The Morgan fingerprint density at radius 1 is 1.21 bits per heavy atom. The van der Waals surface area contributed by atoms with E-state index < -0.39 is 4.92 Å². The molecule has 2 aromatic carbocycles. The summed E-state index contributed by atoms with van der Waals surface area (Å²) in [5, 5.41) is 23.2. The third-order valence-corrected chi connectivity index (χ3v) is 2.70. The van der Waals surface area contributed by atoms with Gasteiger partial charge in [-0.05, 0) is 36.4 Å². The predicted molar refractivity (Wildman–Crippen MR) is 72.5 cm³/mol. The molecule has 0 bridgehead atoms. The molecule has 5 nitrogen and oxygen atoms in total. The van der Waals surface area contributed by atoms with Gasteiger partial charge in [0.2, 0.25) is 0 Å². The molecule has 0 aliphatic carbocycles. The van der Waals surface area contributed by atoms with E-state index in [1.54, 1.807) is 24.3 Å². The van der Waals surface area contributed by atoms with Crippen LogP contribution in [-0.2, 0) is 0 Å². The fraction of sp³-hybridized carbons (Fsp3) is 0. The van der Waals surface area contributed by atoms with Crippen LogP contribution >= 0.6 is 11.6 Å². The molecule has 0 saturated heterocycles. The summed E-state index contributed by atoms with van der Waals surface area (Å²) in [5.41, 5.74) is 1.10. The summed E-state index contributed by atoms with van der Waals surface area (Å²) in [7, 11) is 0. The van der Waals surface area contributed by atoms with Gasteiger partial charge in [0.1, 0.15) is 5.69 Å². The fourth-order valence-corrected chi connectivity index (χ4v) is 1.67. The Bertz CT molecular complexity index is 663. The van der Waals surface area contributed by atoms with Gasteiger partial charge in [-0.3, -0.25) is 10.1 Å². The van der Waals surface area contributed by atoms with Crippen molar-refractivity contribution >= 4 is 28.7 Å². The van der Waals surface area contributed by atoms with E-state index in [1.165, 1.54) is 18.2 Å². The summed E-state index contributed by atoms with van der Waals surface area (Å²) in [6.07, 6.45) is 0. The van der Waals surface area contributed by atoms with Gasteiger partial charge in [0.05, 0.1) is 16.6 Å². The molecular formula is C13H8ClN3O2. The highest BCUT2D eigenvalue weighted by Crippen LogP contribution is 2.28. The normalized spacial score (nSPS) is 9.68. The maximum absolute atomic E-state index is 11.0. The second kappa shape index (κ2) is 5.38. The van der Waals surface area contributed by atoms with E-state index in [4.69, 9.17) is 16.9 Å². The van der Waals surface area contributed by atoms with Crippen LogP contribution in [0.25, 0.3) is 0 Å². The standard InChI is InChI=1S/C13H8ClN3O2/c14-10-2-4-11(5-3-10)16-12-6-1-9(8-15)7-13(12)17(18)19/h1-7,16H. The molecule has 1 N–H and O–H groups in total. The number of nitro benzene ring substituents is 1. The summed E-state index contributed by atoms with van der Waals surface area (Å²) in [6, 6.07) is 12.9. The molecule has 0 aliphatic heterocycles. The fourth-order valence-electron chi connectivity index (χ4n) is 1.55. The zero-order valence-electron chi connectivity index (χ0n) is 9.63. The lowest BCUT2D eigenvalue weighted by Crippen LogP contribution is -1.97. The highest BCUT2D eigenvalue weighted by molar-refractivity contribution is 6.30. The number of nitrogens with one attached hydrogen (secondary N) is 1. The molecule has 0 amide bonds. The average Bonchev–Trinajstić information content (AvgIpc) is 2.41. The lowest BCUT2D eigenvalue weighted by atomic mass is 10.2. The van der Waals surface area contributed by atoms with E-state index in [0.29, 0.717) is 16.4 Å². The van der Waals surface area contributed by atoms with E-state index in [2.05, 4.69) is 5.32 Å². The Morgan fingerprint density at radius 3 is 2.47 bits per heavy atom. The Hall–Kier alpha value is -2.58. The van der Waals surface area contributed by atoms with Crippen molar-refractivity contribution in [2.24, 2.45) is 0 Å². The number of hydrogen-bond acceptors (Lipinski definition) is 4. The number of nitro groups is 1. The van der Waals surface area contributed by atoms with Gasteiger partial charge in [-0.25, -0.2) is 0 Å². The van der Waals surface area contributed by atoms with Crippen LogP contribution in [0.1, 0.15) is 5.56 Å². The van der Waals surface area contributed by atoms with Crippen molar-refractivity contribution in [2.75, 3.05) is 5.32 Å². The third kappa shape index (κ3) is 3.00. The summed E-state index contributed by atoms with van der Waals surface area (Å²) in [5.74, 6) is 0. The molecule has 0 radical (unpaired) electrons. The van der Waals surface area contributed by atoms with Crippen LogP contribution in [-0.4, -0.2) is 4.92 Å². The number of anilines is 2. The molecule has 0 saturated carbocycles. The number of rotatable bonds is 3. The average molecular weight is 274 g/mol. The van der Waals surface area contributed by atoms with Crippen LogP contribution in [0.2, 0.25) is 5.02 Å². The van der Waals surface area contributed by atoms with Gasteiger partial charge in [0.25, 0.3) is 5.69 Å². The molecular weight excluding hydrogens is 266 g/mol. The highest BCUT2D eigenvalue weighted by Gasteiger charge is 2.14. The number of halogens is 1. The van der Waals surface area contributed by atoms with Gasteiger partial charge in [0, 0.05) is 16.8 Å². The molecule has 0 unspecified atom stereocenters. The van der Waals surface area contributed by atoms with Gasteiger partial charge in [-0.2, -0.15) is 5.26 Å². The molecule has 0 aromatic heterocycles. The Labute approximate surface area is 114 Å². The first-order valence-corrected chi connectivity index (χ1v) is 5.69. The van der Waals surface area contributed by atoms with Crippen LogP contribution in [0.4, 0.5) is 17.1 Å². The van der Waals surface area contributed by atoms with Crippen LogP contribution in [0.3, 0.4) is 0 Å². The Kier molecular flexibility index (Phi) is 3.64. The first-order valence-electron chi connectivity index (χ1n) is 5.31. The SMILES string of the molecule is N#Cc1ccc(Nc2ccc(Cl)cc2)c([N+](=O)[O-])c1. The first-order chi connectivity index (χ1) is 9.10. The van der Waals surface area contributed by atoms with Crippen LogP contribution in [0, 0.1) is 21.4 Å². The first kappa shape index (κ1) is 12.9. The van der Waals surface area contributed by atoms with Crippen molar-refractivity contribution in [1.82, 2.24) is 0 Å². The van der Waals surface area contributed by atoms with E-state index >= 15 is 0 Å². The van der Waals surface area contributed by atoms with Crippen molar-refractivity contribution in [3.8, 4) is 6.07 Å². The molecule has 94 valence electrons. The third-order valence-electron chi connectivity index (χ3n) is 2.45. The monoisotopic (exact) mass is 273 g/mol. The smallest absolute Gasteiger partial charge is 0.293 e. The van der Waals surface area contributed by atoms with Crippen LogP contribution in [0.15, 0.2) is 42.5 Å². The van der Waals surface area contributed by atoms with Gasteiger partial charge in [-0.1, -0.05) is 11.6 Å². The minimum absolute atomic E-state index is 0.144. The topological polar surface area (TPSA) is 79.0 Å². The van der Waals surface area contributed by atoms with Crippen molar-refractivity contribution < 1.29 is 4.92 Å². The molecule has 0 spiro atoms. The number of hydrogen-bond donors (Lipinski definition) is 1. The van der Waals surface area contributed by atoms with Gasteiger partial charge >= 0.3 is 0 Å². The van der Waals surface area contributed by atoms with E-state index in [1.807, 2.05) is 6.07 Å². The van der Waals surface area contributed by atoms with Crippen LogP contribution in [0.5, 0.6) is 0 Å². The maximum atomic E-state index is 11.0. The molecule has 0 aliphatic rings. The zero-order valence-corrected chi connectivity index (χ0v) is 10.4. The largest absolute Gasteiger partial charge is 0.350 e. The lowest BCUT2D eigenvalue weighted by molar-refractivity contribution is -0.383. The molecule has 2 rings (SSSR count). The maximum Gasteiger partial charge on any atom is 0.293 e. The second-order valence-corrected chi connectivity index (χ2v) is 4.17. The molecule has 0 fully saturated rings. The molecule has 0 atom stereocenters. The quantitative estimate of drug-likeness (QED) is 0.680. The van der Waals surface area contributed by atoms with Crippen molar-refractivity contribution in [3.63, 3.8) is 0 Å². The minimum Gasteiger partial charge on any atom is -0.350 e. The van der Waals surface area contributed by atoms with Gasteiger partial charge < -0.3 is 5.32 Å². The van der Waals surface area contributed by atoms with Crippen LogP contribution < -0.4 is 5.32 Å². The summed E-state index contributed by atoms with van der Waals surface area (Å²) >= 11 is 5.76. The predicted octanol–water partition coefficient (Wildman–Crippen LogP) is 3.86. The Morgan fingerprint density at radius 2 is 1.89 bits per heavy atom. The van der Waals surface area contributed by atoms with Gasteiger partial charge in [-0.15, -0.1) is 0 Å². The second-order valence-electron chi connectivity index (χ2n) is 3.73.